The van der Waals surface area contributed by atoms with E-state index in [1.54, 1.807) is 0 Å². The molecule has 3 unspecified atom stereocenters. The molecule has 0 radical (unpaired) electrons. The van der Waals surface area contributed by atoms with E-state index in [2.05, 4.69) is 28.8 Å². The highest BCUT2D eigenvalue weighted by Gasteiger charge is 2.30. The van der Waals surface area contributed by atoms with E-state index < -0.39 is 10.0 Å². The Morgan fingerprint density at radius 1 is 1.20 bits per heavy atom. The third-order valence-corrected chi connectivity index (χ3v) is 6.31. The van der Waals surface area contributed by atoms with Crippen molar-refractivity contribution >= 4 is 10.0 Å². The van der Waals surface area contributed by atoms with Crippen LogP contribution >= 0.6 is 0 Å². The van der Waals surface area contributed by atoms with Gasteiger partial charge < -0.3 is 5.32 Å². The van der Waals surface area contributed by atoms with Crippen LogP contribution < -0.4 is 10.0 Å². The lowest BCUT2D eigenvalue weighted by Crippen LogP contribution is -2.48. The summed E-state index contributed by atoms with van der Waals surface area (Å²) in [5.41, 5.74) is 0. The standard InChI is InChI=1S/C14H29N3O2S/c1-12-4-3-5-14(13(12)2)16-20(18,19)11-10-17-8-6-15-7-9-17/h12-16H,3-11H2,1-2H3. The molecule has 2 rings (SSSR count). The minimum Gasteiger partial charge on any atom is -0.314 e. The van der Waals surface area contributed by atoms with E-state index in [-0.39, 0.29) is 11.8 Å². The molecule has 0 aromatic rings. The summed E-state index contributed by atoms with van der Waals surface area (Å²) >= 11 is 0. The summed E-state index contributed by atoms with van der Waals surface area (Å²) in [6.45, 7) is 8.88. The van der Waals surface area contributed by atoms with Crippen molar-refractivity contribution in [1.82, 2.24) is 14.9 Å². The first-order chi connectivity index (χ1) is 9.48. The van der Waals surface area contributed by atoms with Crippen LogP contribution in [0.1, 0.15) is 33.1 Å². The number of hydrogen-bond donors (Lipinski definition) is 2. The highest BCUT2D eigenvalue weighted by molar-refractivity contribution is 7.89. The summed E-state index contributed by atoms with van der Waals surface area (Å²) in [6.07, 6.45) is 3.34. The predicted molar refractivity (Wildman–Crippen MR) is 82.2 cm³/mol. The van der Waals surface area contributed by atoms with Crippen molar-refractivity contribution in [3.63, 3.8) is 0 Å². The smallest absolute Gasteiger partial charge is 0.213 e. The Morgan fingerprint density at radius 2 is 1.90 bits per heavy atom. The molecule has 0 bridgehead atoms. The second-order valence-corrected chi connectivity index (χ2v) is 8.28. The van der Waals surface area contributed by atoms with Crippen molar-refractivity contribution in [3.05, 3.63) is 0 Å². The van der Waals surface area contributed by atoms with Crippen LogP contribution in [0, 0.1) is 11.8 Å². The van der Waals surface area contributed by atoms with E-state index in [4.69, 9.17) is 0 Å². The largest absolute Gasteiger partial charge is 0.314 e. The molecule has 0 aromatic heterocycles. The van der Waals surface area contributed by atoms with Crippen molar-refractivity contribution in [2.75, 3.05) is 38.5 Å². The van der Waals surface area contributed by atoms with Crippen LogP contribution in [0.5, 0.6) is 0 Å². The highest BCUT2D eigenvalue weighted by Crippen LogP contribution is 2.29. The summed E-state index contributed by atoms with van der Waals surface area (Å²) < 4.78 is 27.4. The first-order valence-electron chi connectivity index (χ1n) is 7.91. The Balaban J connectivity index is 1.80. The van der Waals surface area contributed by atoms with Crippen molar-refractivity contribution in [2.24, 2.45) is 11.8 Å². The maximum Gasteiger partial charge on any atom is 0.213 e. The molecular weight excluding hydrogens is 274 g/mol. The zero-order valence-corrected chi connectivity index (χ0v) is 13.6. The average Bonchev–Trinajstić information content (AvgIpc) is 2.43. The van der Waals surface area contributed by atoms with Gasteiger partial charge in [-0.1, -0.05) is 26.7 Å². The van der Waals surface area contributed by atoms with Gasteiger partial charge in [-0.2, -0.15) is 0 Å². The summed E-state index contributed by atoms with van der Waals surface area (Å²) in [4.78, 5) is 2.22. The molecule has 1 heterocycles. The fraction of sp³-hybridized carbons (Fsp3) is 1.00. The van der Waals surface area contributed by atoms with Gasteiger partial charge in [0.05, 0.1) is 5.75 Å². The quantitative estimate of drug-likeness (QED) is 0.782. The van der Waals surface area contributed by atoms with E-state index in [0.29, 0.717) is 18.4 Å². The van der Waals surface area contributed by atoms with Crippen LogP contribution in [-0.4, -0.2) is 57.8 Å². The molecule has 1 aliphatic heterocycles. The number of hydrogen-bond acceptors (Lipinski definition) is 4. The first-order valence-corrected chi connectivity index (χ1v) is 9.56. The third-order valence-electron chi connectivity index (χ3n) is 4.92. The van der Waals surface area contributed by atoms with Crippen molar-refractivity contribution in [2.45, 2.75) is 39.2 Å². The summed E-state index contributed by atoms with van der Waals surface area (Å²) in [6, 6.07) is 0.131. The second-order valence-electron chi connectivity index (χ2n) is 6.40. The molecule has 2 fully saturated rings. The third kappa shape index (κ3) is 4.69. The van der Waals surface area contributed by atoms with Gasteiger partial charge in [0.15, 0.2) is 0 Å². The lowest BCUT2D eigenvalue weighted by atomic mass is 9.78. The van der Waals surface area contributed by atoms with Gasteiger partial charge in [0, 0.05) is 38.8 Å². The van der Waals surface area contributed by atoms with Crippen molar-refractivity contribution in [1.29, 1.82) is 0 Å². The molecule has 118 valence electrons. The number of nitrogens with zero attached hydrogens (tertiary/aromatic N) is 1. The Morgan fingerprint density at radius 3 is 2.60 bits per heavy atom. The van der Waals surface area contributed by atoms with E-state index >= 15 is 0 Å². The lowest BCUT2D eigenvalue weighted by molar-refractivity contribution is 0.226. The molecule has 0 amide bonds. The first kappa shape index (κ1) is 16.2. The van der Waals surface area contributed by atoms with Crippen LogP contribution in [0.15, 0.2) is 0 Å². The topological polar surface area (TPSA) is 61.4 Å². The molecular formula is C14H29N3O2S. The summed E-state index contributed by atoms with van der Waals surface area (Å²) in [5.74, 6) is 1.28. The number of rotatable bonds is 5. The van der Waals surface area contributed by atoms with Gasteiger partial charge in [-0.25, -0.2) is 13.1 Å². The normalized spacial score (nSPS) is 33.2. The SMILES string of the molecule is CC1CCCC(NS(=O)(=O)CCN2CCNCC2)C1C. The Bertz CT molecular complexity index is 393. The fourth-order valence-electron chi connectivity index (χ4n) is 3.22. The molecule has 6 heteroatoms. The molecule has 2 aliphatic rings. The van der Waals surface area contributed by atoms with Crippen LogP contribution in [-0.2, 0) is 10.0 Å². The molecule has 3 atom stereocenters. The second kappa shape index (κ2) is 7.20. The summed E-state index contributed by atoms with van der Waals surface area (Å²) in [7, 11) is -3.15. The van der Waals surface area contributed by atoms with Gasteiger partial charge in [0.1, 0.15) is 0 Å². The molecule has 1 aliphatic carbocycles. The van der Waals surface area contributed by atoms with Crippen LogP contribution in [0.4, 0.5) is 0 Å². The highest BCUT2D eigenvalue weighted by atomic mass is 32.2. The van der Waals surface area contributed by atoms with E-state index in [1.165, 1.54) is 6.42 Å². The van der Waals surface area contributed by atoms with Crippen LogP contribution in [0.25, 0.3) is 0 Å². The van der Waals surface area contributed by atoms with Gasteiger partial charge in [-0.3, -0.25) is 4.90 Å². The zero-order chi connectivity index (χ0) is 14.6. The van der Waals surface area contributed by atoms with E-state index in [0.717, 1.165) is 39.0 Å². The zero-order valence-electron chi connectivity index (χ0n) is 12.8. The Labute approximate surface area is 123 Å². The van der Waals surface area contributed by atoms with Gasteiger partial charge >= 0.3 is 0 Å². The van der Waals surface area contributed by atoms with Gasteiger partial charge in [-0.05, 0) is 18.3 Å². The maximum atomic E-state index is 12.2. The van der Waals surface area contributed by atoms with Gasteiger partial charge in [-0.15, -0.1) is 0 Å². The maximum absolute atomic E-state index is 12.2. The van der Waals surface area contributed by atoms with Crippen LogP contribution in [0.2, 0.25) is 0 Å². The minimum absolute atomic E-state index is 0.131. The number of piperazine rings is 1. The number of nitrogens with one attached hydrogen (secondary N) is 2. The van der Waals surface area contributed by atoms with Gasteiger partial charge in [0.25, 0.3) is 0 Å². The number of sulfonamides is 1. The molecule has 20 heavy (non-hydrogen) atoms. The minimum atomic E-state index is -3.15. The van der Waals surface area contributed by atoms with Gasteiger partial charge in [0.2, 0.25) is 10.0 Å². The Hall–Kier alpha value is -0.170. The summed E-state index contributed by atoms with van der Waals surface area (Å²) in [5, 5.41) is 3.28. The van der Waals surface area contributed by atoms with Crippen molar-refractivity contribution < 1.29 is 8.42 Å². The molecule has 5 nitrogen and oxygen atoms in total. The molecule has 0 aromatic carbocycles. The average molecular weight is 303 g/mol. The van der Waals surface area contributed by atoms with E-state index in [9.17, 15) is 8.42 Å². The molecule has 1 saturated carbocycles. The predicted octanol–water partition coefficient (Wildman–Crippen LogP) is 0.636. The fourth-order valence-corrected chi connectivity index (χ4v) is 4.63. The van der Waals surface area contributed by atoms with Crippen LogP contribution in [0.3, 0.4) is 0 Å². The Kier molecular flexibility index (Phi) is 5.84. The molecule has 2 N–H and O–H groups in total. The molecule has 0 spiro atoms. The molecule has 1 saturated heterocycles. The lowest BCUT2D eigenvalue weighted by Gasteiger charge is -2.34. The van der Waals surface area contributed by atoms with E-state index in [1.807, 2.05) is 0 Å². The monoisotopic (exact) mass is 303 g/mol. The van der Waals surface area contributed by atoms with Crippen molar-refractivity contribution in [3.8, 4) is 0 Å².